The fourth-order valence-electron chi connectivity index (χ4n) is 1.64. The lowest BCUT2D eigenvalue weighted by Gasteiger charge is -2.09. The van der Waals surface area contributed by atoms with Crippen molar-refractivity contribution in [2.24, 2.45) is 7.05 Å². The molecule has 0 aliphatic rings. The second-order valence-electron chi connectivity index (χ2n) is 3.76. The second kappa shape index (κ2) is 4.09. The molecule has 0 radical (unpaired) electrons. The first-order valence-corrected chi connectivity index (χ1v) is 5.73. The minimum absolute atomic E-state index is 0.0406. The minimum Gasteiger partial charge on any atom is -0.480 e. The highest BCUT2D eigenvalue weighted by atomic mass is 79.9. The van der Waals surface area contributed by atoms with E-state index in [1.165, 1.54) is 18.5 Å². The number of aliphatic carboxylic acids is 1. The lowest BCUT2D eigenvalue weighted by Crippen LogP contribution is -2.30. The molecule has 0 bridgehead atoms. The number of H-pyrrole nitrogens is 1. The van der Waals surface area contributed by atoms with Gasteiger partial charge in [-0.1, -0.05) is 0 Å². The molecule has 2 aromatic heterocycles. The zero-order valence-corrected chi connectivity index (χ0v) is 11.1. The van der Waals surface area contributed by atoms with Gasteiger partial charge >= 0.3 is 11.7 Å². The van der Waals surface area contributed by atoms with Gasteiger partial charge in [-0.15, -0.1) is 0 Å². The number of aromatic amines is 1. The largest absolute Gasteiger partial charge is 0.480 e. The Hall–Kier alpha value is -1.90. The molecule has 9 heteroatoms. The van der Waals surface area contributed by atoms with Crippen LogP contribution in [0.25, 0.3) is 11.2 Å². The number of halogens is 1. The first-order valence-electron chi connectivity index (χ1n) is 4.94. The van der Waals surface area contributed by atoms with E-state index in [2.05, 4.69) is 25.9 Å². The summed E-state index contributed by atoms with van der Waals surface area (Å²) in [7, 11) is 1.44. The number of carbonyl (C=O) groups is 1. The van der Waals surface area contributed by atoms with E-state index in [0.717, 1.165) is 4.57 Å². The van der Waals surface area contributed by atoms with Gasteiger partial charge in [-0.3, -0.25) is 18.9 Å². The van der Waals surface area contributed by atoms with Gasteiger partial charge in [0.2, 0.25) is 0 Å². The molecule has 8 nitrogen and oxygen atoms in total. The molecule has 2 aromatic rings. The lowest BCUT2D eigenvalue weighted by atomic mass is 10.3. The summed E-state index contributed by atoms with van der Waals surface area (Å²) in [6, 6.07) is -0.983. The molecule has 0 aromatic carbocycles. The summed E-state index contributed by atoms with van der Waals surface area (Å²) in [6.07, 6.45) is 0. The van der Waals surface area contributed by atoms with Crippen LogP contribution in [0.2, 0.25) is 0 Å². The van der Waals surface area contributed by atoms with Gasteiger partial charge in [0.05, 0.1) is 0 Å². The number of nitrogens with zero attached hydrogens (tertiary/aromatic N) is 3. The Labute approximate surface area is 108 Å². The minimum atomic E-state index is -1.11. The van der Waals surface area contributed by atoms with E-state index in [1.54, 1.807) is 0 Å². The van der Waals surface area contributed by atoms with Gasteiger partial charge < -0.3 is 5.11 Å². The molecule has 0 spiro atoms. The van der Waals surface area contributed by atoms with Gasteiger partial charge in [0.1, 0.15) is 6.04 Å². The maximum atomic E-state index is 11.8. The van der Waals surface area contributed by atoms with E-state index in [4.69, 9.17) is 5.11 Å². The van der Waals surface area contributed by atoms with Gasteiger partial charge in [-0.25, -0.2) is 14.6 Å². The molecular formula is C9H9BrN4O4. The average molecular weight is 317 g/mol. The first-order chi connectivity index (χ1) is 8.34. The van der Waals surface area contributed by atoms with Crippen LogP contribution in [0, 0.1) is 0 Å². The molecule has 0 saturated heterocycles. The van der Waals surface area contributed by atoms with E-state index >= 15 is 0 Å². The number of carboxylic acids is 1. The number of nitrogens with one attached hydrogen (secondary N) is 1. The van der Waals surface area contributed by atoms with Crippen LogP contribution in [0.1, 0.15) is 13.0 Å². The lowest BCUT2D eigenvalue weighted by molar-refractivity contribution is -0.140. The molecule has 0 aliphatic carbocycles. The van der Waals surface area contributed by atoms with Crippen LogP contribution < -0.4 is 11.2 Å². The number of carboxylic acid groups (broad SMARTS) is 1. The normalized spacial score (nSPS) is 12.8. The van der Waals surface area contributed by atoms with Crippen LogP contribution in [0.3, 0.4) is 0 Å². The van der Waals surface area contributed by atoms with Crippen molar-refractivity contribution in [3.63, 3.8) is 0 Å². The number of imidazole rings is 1. The molecule has 96 valence electrons. The van der Waals surface area contributed by atoms with E-state index < -0.39 is 23.3 Å². The molecule has 0 fully saturated rings. The second-order valence-corrected chi connectivity index (χ2v) is 4.46. The molecule has 0 aliphatic heterocycles. The van der Waals surface area contributed by atoms with Crippen molar-refractivity contribution in [1.82, 2.24) is 19.1 Å². The average Bonchev–Trinajstić information content (AvgIpc) is 2.63. The van der Waals surface area contributed by atoms with Crippen molar-refractivity contribution < 1.29 is 9.90 Å². The number of fused-ring (bicyclic) bond motifs is 1. The van der Waals surface area contributed by atoms with Crippen LogP contribution in [0.5, 0.6) is 0 Å². The zero-order valence-electron chi connectivity index (χ0n) is 9.47. The predicted octanol–water partition coefficient (Wildman–Crippen LogP) is -0.169. The quantitative estimate of drug-likeness (QED) is 0.747. The maximum Gasteiger partial charge on any atom is 0.329 e. The number of aromatic nitrogens is 4. The summed E-state index contributed by atoms with van der Waals surface area (Å²) < 4.78 is 2.54. The third kappa shape index (κ3) is 1.67. The van der Waals surface area contributed by atoms with Crippen LogP contribution >= 0.6 is 15.9 Å². The van der Waals surface area contributed by atoms with E-state index in [1.807, 2.05) is 0 Å². The van der Waals surface area contributed by atoms with Crippen LogP contribution in [0.4, 0.5) is 0 Å². The van der Waals surface area contributed by atoms with E-state index in [9.17, 15) is 14.4 Å². The van der Waals surface area contributed by atoms with Gasteiger partial charge in [-0.2, -0.15) is 0 Å². The van der Waals surface area contributed by atoms with Crippen LogP contribution in [0.15, 0.2) is 14.3 Å². The zero-order chi connectivity index (χ0) is 13.6. The standard InChI is InChI=1S/C9H9BrN4O4/c1-3(7(16)17)14-4-5(11-8(14)10)13(2)9(18)12-6(4)15/h3H,1-2H3,(H,16,17)(H,12,15,18)/t3-/m0/s1. The first kappa shape index (κ1) is 12.6. The van der Waals surface area contributed by atoms with Crippen LogP contribution in [-0.4, -0.2) is 30.2 Å². The van der Waals surface area contributed by atoms with Crippen molar-refractivity contribution in [2.75, 3.05) is 0 Å². The summed E-state index contributed by atoms with van der Waals surface area (Å²) in [6.45, 7) is 1.42. The van der Waals surface area contributed by atoms with E-state index in [-0.39, 0.29) is 15.9 Å². The van der Waals surface area contributed by atoms with Crippen molar-refractivity contribution in [2.45, 2.75) is 13.0 Å². The van der Waals surface area contributed by atoms with Crippen molar-refractivity contribution in [3.05, 3.63) is 25.6 Å². The van der Waals surface area contributed by atoms with Crippen LogP contribution in [-0.2, 0) is 11.8 Å². The summed E-state index contributed by atoms with van der Waals surface area (Å²) in [5.41, 5.74) is -1.10. The third-order valence-corrected chi connectivity index (χ3v) is 3.21. The number of aryl methyl sites for hydroxylation is 1. The molecule has 0 saturated carbocycles. The Morgan fingerprint density at radius 3 is 2.67 bits per heavy atom. The number of rotatable bonds is 2. The summed E-state index contributed by atoms with van der Waals surface area (Å²) in [4.78, 5) is 40.3. The Morgan fingerprint density at radius 2 is 2.11 bits per heavy atom. The van der Waals surface area contributed by atoms with Gasteiger partial charge in [0, 0.05) is 7.05 Å². The molecular weight excluding hydrogens is 308 g/mol. The van der Waals surface area contributed by atoms with Gasteiger partial charge in [0.15, 0.2) is 15.9 Å². The van der Waals surface area contributed by atoms with Gasteiger partial charge in [0.25, 0.3) is 5.56 Å². The Balaban J connectivity index is 2.97. The molecule has 2 heterocycles. The summed E-state index contributed by atoms with van der Waals surface area (Å²) in [5.74, 6) is -1.11. The van der Waals surface area contributed by atoms with E-state index in [0.29, 0.717) is 0 Å². The monoisotopic (exact) mass is 316 g/mol. The molecule has 0 amide bonds. The Kier molecular flexibility index (Phi) is 2.85. The summed E-state index contributed by atoms with van der Waals surface area (Å²) >= 11 is 3.09. The molecule has 2 N–H and O–H groups in total. The fourth-order valence-corrected chi connectivity index (χ4v) is 2.29. The number of hydrogen-bond donors (Lipinski definition) is 2. The fraction of sp³-hybridized carbons (Fsp3) is 0.333. The Morgan fingerprint density at radius 1 is 1.50 bits per heavy atom. The maximum absolute atomic E-state index is 11.8. The molecule has 1 atom stereocenters. The predicted molar refractivity (Wildman–Crippen MR) is 65.6 cm³/mol. The highest BCUT2D eigenvalue weighted by Crippen LogP contribution is 2.21. The Bertz CT molecular complexity index is 756. The number of hydrogen-bond acceptors (Lipinski definition) is 4. The van der Waals surface area contributed by atoms with Crippen molar-refractivity contribution in [1.29, 1.82) is 0 Å². The topological polar surface area (TPSA) is 110 Å². The molecule has 2 rings (SSSR count). The SMILES string of the molecule is C[C@@H](C(=O)O)n1c(Br)nc2c1c(=O)[nH]c(=O)n2C. The highest BCUT2D eigenvalue weighted by Gasteiger charge is 2.23. The highest BCUT2D eigenvalue weighted by molar-refractivity contribution is 9.10. The molecule has 18 heavy (non-hydrogen) atoms. The smallest absolute Gasteiger partial charge is 0.329 e. The molecule has 0 unspecified atom stereocenters. The van der Waals surface area contributed by atoms with Crippen molar-refractivity contribution >= 4 is 33.1 Å². The third-order valence-electron chi connectivity index (χ3n) is 2.65. The van der Waals surface area contributed by atoms with Crippen molar-refractivity contribution in [3.8, 4) is 0 Å². The summed E-state index contributed by atoms with van der Waals surface area (Å²) in [5, 5.41) is 9.00. The van der Waals surface area contributed by atoms with Gasteiger partial charge in [-0.05, 0) is 22.9 Å².